The van der Waals surface area contributed by atoms with Gasteiger partial charge in [-0.3, -0.25) is 0 Å². The van der Waals surface area contributed by atoms with Crippen molar-refractivity contribution in [2.75, 3.05) is 7.11 Å². The van der Waals surface area contributed by atoms with Crippen LogP contribution in [0.5, 0.6) is 11.5 Å². The van der Waals surface area contributed by atoms with Crippen molar-refractivity contribution in [3.8, 4) is 11.5 Å². The van der Waals surface area contributed by atoms with Crippen LogP contribution >= 0.6 is 8.95 Å². The summed E-state index contributed by atoms with van der Waals surface area (Å²) in [6.45, 7) is 16.8. The molecule has 0 aliphatic rings. The summed E-state index contributed by atoms with van der Waals surface area (Å²) in [4.78, 5) is 1.36. The molecule has 1 aromatic carbocycles. The molecule has 1 rings (SSSR count). The number of unbranched alkanes of at least 4 members (excludes halogenated alkanes) is 6. The second-order valence-electron chi connectivity index (χ2n) is 11.9. The van der Waals surface area contributed by atoms with E-state index in [1.54, 1.807) is 7.11 Å². The normalized spacial score (nSPS) is 12.3. The van der Waals surface area contributed by atoms with E-state index >= 15 is 0 Å². The van der Waals surface area contributed by atoms with Gasteiger partial charge in [0.05, 0.1) is 0 Å². The minimum atomic E-state index is -2.82. The summed E-state index contributed by atoms with van der Waals surface area (Å²) in [7, 11) is 3.97. The van der Waals surface area contributed by atoms with E-state index in [1.165, 1.54) is 114 Å². The predicted octanol–water partition coefficient (Wildman–Crippen LogP) is 12.0. The van der Waals surface area contributed by atoms with Crippen molar-refractivity contribution in [3.05, 3.63) is 17.2 Å². The summed E-state index contributed by atoms with van der Waals surface area (Å²) in [5.41, 5.74) is 2.32. The molecule has 0 saturated carbocycles. The van der Waals surface area contributed by atoms with Gasteiger partial charge >= 0.3 is 257 Å². The average Bonchev–Trinajstić information content (AvgIpc) is 2.95. The maximum atomic E-state index is 11.6. The summed E-state index contributed by atoms with van der Waals surface area (Å²) < 4.78 is 21.3. The number of ether oxygens (including phenoxy) is 1. The van der Waals surface area contributed by atoms with Crippen LogP contribution in [0.3, 0.4) is 0 Å². The van der Waals surface area contributed by atoms with Gasteiger partial charge in [-0.1, -0.05) is 0 Å². The van der Waals surface area contributed by atoms with Crippen molar-refractivity contribution in [2.45, 2.75) is 164 Å². The monoisotopic (exact) mass is 780 g/mol. The zero-order chi connectivity index (χ0) is 29.2. The van der Waals surface area contributed by atoms with Crippen LogP contribution in [0.2, 0.25) is 26.6 Å². The SMILES string of the molecule is CCC[CH2][Sn]([CH2]CCC)([CH2]CCC)[O]Cc1c(O)c(OC)cc(C)c1[S][Sn]([CH2]CCC)([CH2]CCC)[CH2]CCC. The third-order valence-electron chi connectivity index (χ3n) is 8.48. The Hall–Kier alpha value is 0.727. The molecule has 1 N–H and O–H groups in total. The summed E-state index contributed by atoms with van der Waals surface area (Å²) in [6.07, 6.45) is 15.5. The molecule has 0 aromatic heterocycles. The second kappa shape index (κ2) is 21.4. The Kier molecular flexibility index (Phi) is 20.7. The molecule has 0 bridgehead atoms. The van der Waals surface area contributed by atoms with Gasteiger partial charge in [0.2, 0.25) is 0 Å². The van der Waals surface area contributed by atoms with Gasteiger partial charge in [-0.2, -0.15) is 0 Å². The van der Waals surface area contributed by atoms with Crippen LogP contribution < -0.4 is 4.74 Å². The molecule has 0 aliphatic heterocycles. The molecule has 0 fully saturated rings. The molecular weight excluding hydrogens is 714 g/mol. The quantitative estimate of drug-likeness (QED) is 0.106. The van der Waals surface area contributed by atoms with Crippen molar-refractivity contribution in [1.82, 2.24) is 0 Å². The van der Waals surface area contributed by atoms with E-state index in [9.17, 15) is 5.11 Å². The average molecular weight is 778 g/mol. The van der Waals surface area contributed by atoms with E-state index in [-0.39, 0.29) is 0 Å². The number of hydrogen-bond donors (Lipinski definition) is 1. The van der Waals surface area contributed by atoms with E-state index in [1.807, 2.05) is 0 Å². The fraction of sp³-hybridized carbons (Fsp3) is 0.818. The van der Waals surface area contributed by atoms with Crippen LogP contribution in [0, 0.1) is 6.92 Å². The minimum absolute atomic E-state index is 0.342. The number of methoxy groups -OCH3 is 1. The molecule has 3 nitrogen and oxygen atoms in total. The number of aryl methyl sites for hydroxylation is 1. The molecule has 0 saturated heterocycles. The number of phenolic OH excluding ortho intramolecular Hbond substituents is 1. The Labute approximate surface area is 255 Å². The molecule has 0 radical (unpaired) electrons. The van der Waals surface area contributed by atoms with E-state index in [2.05, 4.69) is 63.5 Å². The van der Waals surface area contributed by atoms with Crippen molar-refractivity contribution < 1.29 is 12.9 Å². The molecule has 1 aromatic rings. The zero-order valence-electron chi connectivity index (χ0n) is 27.2. The molecular formula is C33H64O3SSn2. The van der Waals surface area contributed by atoms with E-state index in [0.29, 0.717) is 18.1 Å². The molecule has 0 atom stereocenters. The van der Waals surface area contributed by atoms with Gasteiger partial charge in [-0.25, -0.2) is 0 Å². The molecule has 0 spiro atoms. The molecule has 39 heavy (non-hydrogen) atoms. The number of hydrogen-bond acceptors (Lipinski definition) is 4. The van der Waals surface area contributed by atoms with Gasteiger partial charge in [-0.05, 0) is 0 Å². The van der Waals surface area contributed by atoms with E-state index < -0.39 is 35.8 Å². The van der Waals surface area contributed by atoms with Crippen molar-refractivity contribution in [1.29, 1.82) is 0 Å². The standard InChI is InChI=1S/C9H11O3S.6C4H9.2Sn/c1-5-3-7(12-2)8(11)6(4-10)9(5)13;6*1-3-4-2;;/h3,11,13H,4H2,1-2H3;6*1,3-4H2,2H3;;/q-1;;;;;;;2*+1/p-1. The molecule has 0 heterocycles. The Bertz CT molecular complexity index is 743. The fourth-order valence-corrected chi connectivity index (χ4v) is 42.6. The van der Waals surface area contributed by atoms with Gasteiger partial charge in [0.1, 0.15) is 0 Å². The number of phenols is 1. The van der Waals surface area contributed by atoms with E-state index in [0.717, 1.165) is 5.56 Å². The van der Waals surface area contributed by atoms with Crippen LogP contribution in [0.25, 0.3) is 0 Å². The predicted molar refractivity (Wildman–Crippen MR) is 180 cm³/mol. The van der Waals surface area contributed by atoms with Crippen LogP contribution in [0.1, 0.15) is 130 Å². The van der Waals surface area contributed by atoms with Gasteiger partial charge < -0.3 is 0 Å². The third-order valence-corrected chi connectivity index (χ3v) is 43.1. The van der Waals surface area contributed by atoms with Gasteiger partial charge in [0.25, 0.3) is 0 Å². The van der Waals surface area contributed by atoms with E-state index in [4.69, 9.17) is 7.81 Å². The topological polar surface area (TPSA) is 38.7 Å². The van der Waals surface area contributed by atoms with Gasteiger partial charge in [-0.15, -0.1) is 0 Å². The van der Waals surface area contributed by atoms with Gasteiger partial charge in [0, 0.05) is 0 Å². The number of benzene rings is 1. The Morgan fingerprint density at radius 3 is 1.49 bits per heavy atom. The Morgan fingerprint density at radius 1 is 0.692 bits per heavy atom. The van der Waals surface area contributed by atoms with Crippen molar-refractivity contribution >= 4 is 44.7 Å². The maximum absolute atomic E-state index is 11.6. The summed E-state index contributed by atoms with van der Waals surface area (Å²) in [5, 5.41) is 11.6. The zero-order valence-corrected chi connectivity index (χ0v) is 33.7. The Morgan fingerprint density at radius 2 is 1.10 bits per heavy atom. The molecule has 6 heteroatoms. The first-order chi connectivity index (χ1) is 18.8. The first-order valence-electron chi connectivity index (χ1n) is 16.5. The first kappa shape index (κ1) is 37.8. The molecule has 0 amide bonds. The molecule has 0 aliphatic carbocycles. The molecule has 0 unspecified atom stereocenters. The summed E-state index contributed by atoms with van der Waals surface area (Å²) >= 11 is -5.39. The van der Waals surface area contributed by atoms with Crippen molar-refractivity contribution in [2.24, 2.45) is 0 Å². The van der Waals surface area contributed by atoms with Gasteiger partial charge in [0.15, 0.2) is 0 Å². The summed E-state index contributed by atoms with van der Waals surface area (Å²) in [5.74, 6) is 0.956. The number of rotatable bonds is 24. The van der Waals surface area contributed by atoms with Crippen LogP contribution in [0.4, 0.5) is 0 Å². The molecule has 228 valence electrons. The second-order valence-corrected chi connectivity index (χ2v) is 43.0. The Balaban J connectivity index is 3.57. The number of aromatic hydroxyl groups is 1. The first-order valence-corrected chi connectivity index (χ1v) is 34.1. The van der Waals surface area contributed by atoms with Crippen molar-refractivity contribution in [3.63, 3.8) is 0 Å². The summed E-state index contributed by atoms with van der Waals surface area (Å²) in [6, 6.07) is 2.08. The third kappa shape index (κ3) is 12.9. The van der Waals surface area contributed by atoms with Crippen LogP contribution in [-0.4, -0.2) is 48.0 Å². The van der Waals surface area contributed by atoms with Crippen LogP contribution in [0.15, 0.2) is 11.0 Å². The van der Waals surface area contributed by atoms with Crippen LogP contribution in [-0.2, 0) is 9.68 Å². The fourth-order valence-electron chi connectivity index (χ4n) is 5.81.